The van der Waals surface area contributed by atoms with E-state index in [1.165, 1.54) is 0 Å². The fraction of sp³-hybridized carbons (Fsp3) is 0.211. The molecule has 1 aliphatic rings. The van der Waals surface area contributed by atoms with Gasteiger partial charge in [0.15, 0.2) is 5.65 Å². The summed E-state index contributed by atoms with van der Waals surface area (Å²) in [4.78, 5) is 22.6. The molecule has 0 atom stereocenters. The van der Waals surface area contributed by atoms with Crippen LogP contribution >= 0.6 is 0 Å². The number of amides is 1. The Balaban J connectivity index is 1.51. The van der Waals surface area contributed by atoms with Crippen LogP contribution in [0.25, 0.3) is 16.6 Å². The van der Waals surface area contributed by atoms with Gasteiger partial charge in [-0.25, -0.2) is 9.50 Å². The average molecular weight is 331 g/mol. The number of benzene rings is 1. The number of hydrogen-bond acceptors (Lipinski definition) is 3. The second-order valence-corrected chi connectivity index (χ2v) is 6.51. The molecule has 0 fully saturated rings. The van der Waals surface area contributed by atoms with Gasteiger partial charge in [0.1, 0.15) is 0 Å². The first-order chi connectivity index (χ1) is 12.2. The van der Waals surface area contributed by atoms with Crippen molar-refractivity contribution in [3.8, 4) is 0 Å². The minimum Gasteiger partial charge on any atom is -0.360 e. The van der Waals surface area contributed by atoms with E-state index in [4.69, 9.17) is 0 Å². The number of carbonyl (C=O) groups excluding carboxylic acids is 1. The highest BCUT2D eigenvalue weighted by atomic mass is 16.2. The minimum atomic E-state index is 0.0554. The molecule has 1 aliphatic heterocycles. The van der Waals surface area contributed by atoms with E-state index in [1.54, 1.807) is 6.20 Å². The lowest BCUT2D eigenvalue weighted by molar-refractivity contribution is 0.0734. The molecule has 0 radical (unpaired) electrons. The van der Waals surface area contributed by atoms with E-state index in [2.05, 4.69) is 15.1 Å². The van der Waals surface area contributed by atoms with Gasteiger partial charge in [-0.2, -0.15) is 5.10 Å². The van der Waals surface area contributed by atoms with Crippen molar-refractivity contribution in [2.45, 2.75) is 19.9 Å². The zero-order valence-corrected chi connectivity index (χ0v) is 13.9. The fourth-order valence-electron chi connectivity index (χ4n) is 3.65. The van der Waals surface area contributed by atoms with Gasteiger partial charge in [-0.05, 0) is 13.0 Å². The first-order valence-corrected chi connectivity index (χ1v) is 8.39. The van der Waals surface area contributed by atoms with E-state index in [-0.39, 0.29) is 5.91 Å². The maximum Gasteiger partial charge on any atom is 0.256 e. The van der Waals surface area contributed by atoms with E-state index in [0.717, 1.165) is 45.5 Å². The number of rotatable bonds is 1. The van der Waals surface area contributed by atoms with Crippen LogP contribution < -0.4 is 0 Å². The Kier molecular flexibility index (Phi) is 2.94. The monoisotopic (exact) mass is 331 g/mol. The summed E-state index contributed by atoms with van der Waals surface area (Å²) in [6.45, 7) is 3.22. The molecule has 0 aliphatic carbocycles. The third kappa shape index (κ3) is 2.14. The third-order valence-corrected chi connectivity index (χ3v) is 4.88. The molecule has 5 rings (SSSR count). The van der Waals surface area contributed by atoms with Crippen molar-refractivity contribution in [2.75, 3.05) is 6.54 Å². The number of fused-ring (bicyclic) bond motifs is 4. The predicted octanol–water partition coefficient (Wildman–Crippen LogP) is 2.72. The first-order valence-electron chi connectivity index (χ1n) is 8.39. The summed E-state index contributed by atoms with van der Waals surface area (Å²) in [6.07, 6.45) is 4.46. The van der Waals surface area contributed by atoms with Gasteiger partial charge < -0.3 is 9.88 Å². The lowest BCUT2D eigenvalue weighted by Gasteiger charge is -2.28. The number of nitrogens with one attached hydrogen (secondary N) is 1. The van der Waals surface area contributed by atoms with Gasteiger partial charge in [-0.15, -0.1) is 0 Å². The standard InChI is InChI=1S/C19H17N5O/c1-12-8-18-21-9-13-11-23(7-6-17(13)24(18)22-12)19(25)15-10-20-16-5-3-2-4-14(15)16/h2-5,8-10,20H,6-7,11H2,1H3. The van der Waals surface area contributed by atoms with E-state index < -0.39 is 0 Å². The molecule has 124 valence electrons. The van der Waals surface area contributed by atoms with Crippen molar-refractivity contribution in [2.24, 2.45) is 0 Å². The Bertz CT molecular complexity index is 1120. The molecular weight excluding hydrogens is 314 g/mol. The van der Waals surface area contributed by atoms with Crippen molar-refractivity contribution in [1.82, 2.24) is 24.5 Å². The molecule has 0 unspecified atom stereocenters. The lowest BCUT2D eigenvalue weighted by Crippen LogP contribution is -2.36. The largest absolute Gasteiger partial charge is 0.360 e. The highest BCUT2D eigenvalue weighted by Gasteiger charge is 2.25. The quantitative estimate of drug-likeness (QED) is 0.583. The zero-order chi connectivity index (χ0) is 17.0. The summed E-state index contributed by atoms with van der Waals surface area (Å²) in [5.41, 5.74) is 5.75. The van der Waals surface area contributed by atoms with Gasteiger partial charge in [0.2, 0.25) is 0 Å². The second-order valence-electron chi connectivity index (χ2n) is 6.51. The van der Waals surface area contributed by atoms with E-state index in [9.17, 15) is 4.79 Å². The first kappa shape index (κ1) is 14.2. The summed E-state index contributed by atoms with van der Waals surface area (Å²) in [6, 6.07) is 9.86. The Hall–Kier alpha value is -3.15. The number of para-hydroxylation sites is 1. The number of carbonyl (C=O) groups is 1. The lowest BCUT2D eigenvalue weighted by atomic mass is 10.1. The molecular formula is C19H17N5O. The average Bonchev–Trinajstić information content (AvgIpc) is 3.23. The maximum atomic E-state index is 13.0. The molecule has 3 aromatic heterocycles. The van der Waals surface area contributed by atoms with E-state index >= 15 is 0 Å². The van der Waals surface area contributed by atoms with Crippen LogP contribution in [0.3, 0.4) is 0 Å². The molecule has 6 nitrogen and oxygen atoms in total. The molecule has 6 heteroatoms. The number of nitrogens with zero attached hydrogens (tertiary/aromatic N) is 4. The van der Waals surface area contributed by atoms with Gasteiger partial charge in [-0.3, -0.25) is 4.79 Å². The van der Waals surface area contributed by atoms with Crippen LogP contribution in [0, 0.1) is 6.92 Å². The fourth-order valence-corrected chi connectivity index (χ4v) is 3.65. The topological polar surface area (TPSA) is 66.3 Å². The molecule has 0 bridgehead atoms. The third-order valence-electron chi connectivity index (χ3n) is 4.88. The van der Waals surface area contributed by atoms with Gasteiger partial charge in [0.05, 0.1) is 17.0 Å². The van der Waals surface area contributed by atoms with Gasteiger partial charge in [0, 0.05) is 54.4 Å². The van der Waals surface area contributed by atoms with E-state index in [0.29, 0.717) is 13.1 Å². The van der Waals surface area contributed by atoms with Crippen LogP contribution in [0.4, 0.5) is 0 Å². The molecule has 4 aromatic rings. The van der Waals surface area contributed by atoms with Crippen LogP contribution in [0.2, 0.25) is 0 Å². The van der Waals surface area contributed by atoms with Crippen LogP contribution in [-0.4, -0.2) is 36.9 Å². The van der Waals surface area contributed by atoms with Gasteiger partial charge in [-0.1, -0.05) is 18.2 Å². The maximum absolute atomic E-state index is 13.0. The normalized spacial score (nSPS) is 14.2. The van der Waals surface area contributed by atoms with Crippen LogP contribution in [0.15, 0.2) is 42.7 Å². The Morgan fingerprint density at radius 1 is 1.28 bits per heavy atom. The smallest absolute Gasteiger partial charge is 0.256 e. The van der Waals surface area contributed by atoms with Crippen molar-refractivity contribution in [1.29, 1.82) is 0 Å². The van der Waals surface area contributed by atoms with Gasteiger partial charge >= 0.3 is 0 Å². The Morgan fingerprint density at radius 2 is 2.16 bits per heavy atom. The number of aromatic nitrogens is 4. The second kappa shape index (κ2) is 5.17. The summed E-state index contributed by atoms with van der Waals surface area (Å²) in [7, 11) is 0. The molecule has 1 amide bonds. The van der Waals surface area contributed by atoms with Crippen molar-refractivity contribution < 1.29 is 4.79 Å². The van der Waals surface area contributed by atoms with Gasteiger partial charge in [0.25, 0.3) is 5.91 Å². The molecule has 25 heavy (non-hydrogen) atoms. The summed E-state index contributed by atoms with van der Waals surface area (Å²) in [5, 5.41) is 5.50. The van der Waals surface area contributed by atoms with Crippen LogP contribution in [-0.2, 0) is 13.0 Å². The van der Waals surface area contributed by atoms with Crippen molar-refractivity contribution >= 4 is 22.5 Å². The predicted molar refractivity (Wildman–Crippen MR) is 94.5 cm³/mol. The van der Waals surface area contributed by atoms with Crippen molar-refractivity contribution in [3.63, 3.8) is 0 Å². The number of aromatic amines is 1. The highest BCUT2D eigenvalue weighted by molar-refractivity contribution is 6.06. The van der Waals surface area contributed by atoms with Crippen LogP contribution in [0.1, 0.15) is 27.3 Å². The highest BCUT2D eigenvalue weighted by Crippen LogP contribution is 2.24. The molecule has 0 saturated heterocycles. The SMILES string of the molecule is Cc1cc2ncc3c(n2n1)CCN(C(=O)c1c[nH]c2ccccc12)C3. The molecule has 4 heterocycles. The number of hydrogen-bond donors (Lipinski definition) is 1. The molecule has 0 saturated carbocycles. The number of aryl methyl sites for hydroxylation is 1. The Labute approximate surface area is 144 Å². The summed E-state index contributed by atoms with van der Waals surface area (Å²) >= 11 is 0. The Morgan fingerprint density at radius 3 is 3.08 bits per heavy atom. The summed E-state index contributed by atoms with van der Waals surface area (Å²) < 4.78 is 1.91. The zero-order valence-electron chi connectivity index (χ0n) is 13.9. The number of H-pyrrole nitrogens is 1. The summed E-state index contributed by atoms with van der Waals surface area (Å²) in [5.74, 6) is 0.0554. The van der Waals surface area contributed by atoms with Crippen molar-refractivity contribution in [3.05, 3.63) is 65.2 Å². The molecule has 1 N–H and O–H groups in total. The molecule has 1 aromatic carbocycles. The van der Waals surface area contributed by atoms with E-state index in [1.807, 2.05) is 52.9 Å². The minimum absolute atomic E-state index is 0.0554. The van der Waals surface area contributed by atoms with Crippen LogP contribution in [0.5, 0.6) is 0 Å². The molecule has 0 spiro atoms.